The lowest BCUT2D eigenvalue weighted by atomic mass is 10.0. The summed E-state index contributed by atoms with van der Waals surface area (Å²) in [5.41, 5.74) is 6.79. The molecule has 10 heteroatoms. The first-order valence-corrected chi connectivity index (χ1v) is 10.6. The smallest absolute Gasteiger partial charge is 0.322 e. The van der Waals surface area contributed by atoms with Gasteiger partial charge in [0.15, 0.2) is 0 Å². The molecule has 34 heavy (non-hydrogen) atoms. The van der Waals surface area contributed by atoms with Crippen LogP contribution in [0.5, 0.6) is 0 Å². The highest BCUT2D eigenvalue weighted by Crippen LogP contribution is 2.51. The van der Waals surface area contributed by atoms with Crippen LogP contribution >= 0.6 is 0 Å². The largest absolute Gasteiger partial charge is 0.383 e. The molecular weight excluding hydrogens is 445 g/mol. The lowest BCUT2D eigenvalue weighted by Gasteiger charge is -2.29. The molecule has 0 unspecified atom stereocenters. The fourth-order valence-electron chi connectivity index (χ4n) is 4.41. The molecule has 0 spiro atoms. The molecular formula is C24H21F3N6O. The number of nitrogens with two attached hydrogens (primary N) is 1. The second kappa shape index (κ2) is 7.75. The third kappa shape index (κ3) is 3.42. The molecule has 1 fully saturated rings. The van der Waals surface area contributed by atoms with E-state index in [9.17, 15) is 13.6 Å². The Bertz CT molecular complexity index is 1450. The molecule has 2 amide bonds. The molecule has 1 aliphatic carbocycles. The first-order chi connectivity index (χ1) is 16.2. The number of hydrogen-bond acceptors (Lipinski definition) is 4. The standard InChI is InChI=1S/C24H21F3N6O/c1-32-11-16(20-21(28)29-12-30-22(20)32)15-5-4-14(10-19(15)27)31-23(34)33(2)24(7-8-24)17-9-13(25)3-6-18(17)26/h3-6,9-12H,7-8H2,1-2H3,(H,31,34)(H2,28,29,30). The van der Waals surface area contributed by atoms with Crippen LogP contribution in [0.1, 0.15) is 18.4 Å². The number of carbonyl (C=O) groups is 1. The molecule has 0 saturated heterocycles. The summed E-state index contributed by atoms with van der Waals surface area (Å²) in [5, 5.41) is 3.18. The summed E-state index contributed by atoms with van der Waals surface area (Å²) in [7, 11) is 3.28. The SMILES string of the molecule is CN(C(=O)Nc1ccc(-c2cn(C)c3ncnc(N)c23)c(F)c1)C1(c2cc(F)ccc2F)CC1. The Morgan fingerprint density at radius 2 is 1.85 bits per heavy atom. The summed E-state index contributed by atoms with van der Waals surface area (Å²) in [6, 6.07) is 6.93. The molecule has 2 heterocycles. The second-order valence-corrected chi connectivity index (χ2v) is 8.45. The van der Waals surface area contributed by atoms with Gasteiger partial charge in [0.1, 0.15) is 35.2 Å². The highest BCUT2D eigenvalue weighted by molar-refractivity contribution is 6.01. The van der Waals surface area contributed by atoms with Gasteiger partial charge in [0, 0.05) is 42.7 Å². The van der Waals surface area contributed by atoms with Gasteiger partial charge < -0.3 is 20.5 Å². The Labute approximate surface area is 193 Å². The summed E-state index contributed by atoms with van der Waals surface area (Å²) in [4.78, 5) is 22.4. The number of hydrogen-bond donors (Lipinski definition) is 2. The van der Waals surface area contributed by atoms with E-state index in [4.69, 9.17) is 5.73 Å². The summed E-state index contributed by atoms with van der Waals surface area (Å²) in [5.74, 6) is -1.49. The molecule has 0 atom stereocenters. The molecule has 4 aromatic rings. The van der Waals surface area contributed by atoms with E-state index in [1.807, 2.05) is 0 Å². The van der Waals surface area contributed by atoms with Gasteiger partial charge in [-0.1, -0.05) is 0 Å². The molecule has 0 radical (unpaired) electrons. The Morgan fingerprint density at radius 1 is 1.09 bits per heavy atom. The number of urea groups is 1. The first kappa shape index (κ1) is 21.7. The van der Waals surface area contributed by atoms with Gasteiger partial charge in [0.05, 0.1) is 10.9 Å². The van der Waals surface area contributed by atoms with E-state index >= 15 is 4.39 Å². The number of nitrogens with one attached hydrogen (secondary N) is 1. The van der Waals surface area contributed by atoms with Crippen molar-refractivity contribution in [1.82, 2.24) is 19.4 Å². The topological polar surface area (TPSA) is 89.1 Å². The number of nitrogens with zero attached hydrogens (tertiary/aromatic N) is 4. The molecule has 174 valence electrons. The van der Waals surface area contributed by atoms with E-state index in [0.29, 0.717) is 29.4 Å². The summed E-state index contributed by atoms with van der Waals surface area (Å²) in [6.07, 6.45) is 4.05. The molecule has 7 nitrogen and oxygen atoms in total. The van der Waals surface area contributed by atoms with Crippen molar-refractivity contribution < 1.29 is 18.0 Å². The van der Waals surface area contributed by atoms with Crippen LogP contribution in [0.2, 0.25) is 0 Å². The average Bonchev–Trinajstić information content (AvgIpc) is 3.54. The van der Waals surface area contributed by atoms with E-state index in [-0.39, 0.29) is 22.6 Å². The van der Waals surface area contributed by atoms with Gasteiger partial charge in [0.25, 0.3) is 0 Å². The lowest BCUT2D eigenvalue weighted by Crippen LogP contribution is -2.40. The summed E-state index contributed by atoms with van der Waals surface area (Å²) in [6.45, 7) is 0. The third-order valence-corrected chi connectivity index (χ3v) is 6.39. The molecule has 2 aromatic heterocycles. The Balaban J connectivity index is 1.41. The zero-order valence-electron chi connectivity index (χ0n) is 18.4. The van der Waals surface area contributed by atoms with Crippen molar-refractivity contribution in [1.29, 1.82) is 0 Å². The van der Waals surface area contributed by atoms with Gasteiger partial charge in [0.2, 0.25) is 0 Å². The van der Waals surface area contributed by atoms with Crippen LogP contribution in [-0.4, -0.2) is 32.5 Å². The van der Waals surface area contributed by atoms with Crippen molar-refractivity contribution in [3.05, 3.63) is 71.9 Å². The van der Waals surface area contributed by atoms with E-state index in [0.717, 1.165) is 18.2 Å². The van der Waals surface area contributed by atoms with Crippen LogP contribution in [0.25, 0.3) is 22.2 Å². The van der Waals surface area contributed by atoms with E-state index < -0.39 is 29.0 Å². The van der Waals surface area contributed by atoms with Gasteiger partial charge >= 0.3 is 6.03 Å². The van der Waals surface area contributed by atoms with Crippen molar-refractivity contribution in [3.8, 4) is 11.1 Å². The minimum atomic E-state index is -0.935. The fraction of sp³-hybridized carbons (Fsp3) is 0.208. The van der Waals surface area contributed by atoms with Crippen LogP contribution in [0.4, 0.5) is 29.5 Å². The summed E-state index contributed by atoms with van der Waals surface area (Å²) < 4.78 is 44.9. The molecule has 0 bridgehead atoms. The number of carbonyl (C=O) groups excluding carboxylic acids is 1. The fourth-order valence-corrected chi connectivity index (χ4v) is 4.41. The predicted molar refractivity (Wildman–Crippen MR) is 122 cm³/mol. The number of amides is 2. The number of benzene rings is 2. The zero-order valence-corrected chi connectivity index (χ0v) is 18.4. The van der Waals surface area contributed by atoms with Gasteiger partial charge in [-0.3, -0.25) is 0 Å². The Hall–Kier alpha value is -4.08. The second-order valence-electron chi connectivity index (χ2n) is 8.45. The van der Waals surface area contributed by atoms with Gasteiger partial charge in [-0.2, -0.15) is 0 Å². The highest BCUT2D eigenvalue weighted by Gasteiger charge is 2.51. The molecule has 3 N–H and O–H groups in total. The van der Waals surface area contributed by atoms with Gasteiger partial charge in [-0.05, 0) is 49.2 Å². The van der Waals surface area contributed by atoms with Crippen LogP contribution in [-0.2, 0) is 12.6 Å². The average molecular weight is 466 g/mol. The van der Waals surface area contributed by atoms with Crippen LogP contribution in [0.3, 0.4) is 0 Å². The normalized spacial score (nSPS) is 14.3. The van der Waals surface area contributed by atoms with E-state index in [1.54, 1.807) is 23.9 Å². The molecule has 1 saturated carbocycles. The first-order valence-electron chi connectivity index (χ1n) is 10.6. The van der Waals surface area contributed by atoms with Crippen molar-refractivity contribution in [3.63, 3.8) is 0 Å². The van der Waals surface area contributed by atoms with E-state index in [2.05, 4.69) is 15.3 Å². The highest BCUT2D eigenvalue weighted by atomic mass is 19.1. The van der Waals surface area contributed by atoms with Crippen molar-refractivity contribution in [2.24, 2.45) is 7.05 Å². The van der Waals surface area contributed by atoms with Crippen LogP contribution < -0.4 is 11.1 Å². The quantitative estimate of drug-likeness (QED) is 0.453. The Morgan fingerprint density at radius 3 is 2.56 bits per heavy atom. The number of halogens is 3. The van der Waals surface area contributed by atoms with Crippen molar-refractivity contribution in [2.75, 3.05) is 18.1 Å². The monoisotopic (exact) mass is 466 g/mol. The lowest BCUT2D eigenvalue weighted by molar-refractivity contribution is 0.195. The van der Waals surface area contributed by atoms with Gasteiger partial charge in [-0.25, -0.2) is 27.9 Å². The number of aryl methyl sites for hydroxylation is 1. The minimum Gasteiger partial charge on any atom is -0.383 e. The molecule has 2 aromatic carbocycles. The van der Waals surface area contributed by atoms with Gasteiger partial charge in [-0.15, -0.1) is 0 Å². The van der Waals surface area contributed by atoms with E-state index in [1.165, 1.54) is 30.4 Å². The number of nitrogen functional groups attached to an aromatic ring is 1. The maximum absolute atomic E-state index is 15.1. The van der Waals surface area contributed by atoms with Crippen LogP contribution in [0.15, 0.2) is 48.9 Å². The Kier molecular flexibility index (Phi) is 4.96. The number of fused-ring (bicyclic) bond motifs is 1. The number of aromatic nitrogens is 3. The maximum atomic E-state index is 15.1. The van der Waals surface area contributed by atoms with Crippen molar-refractivity contribution in [2.45, 2.75) is 18.4 Å². The third-order valence-electron chi connectivity index (χ3n) is 6.39. The molecule has 0 aliphatic heterocycles. The summed E-state index contributed by atoms with van der Waals surface area (Å²) >= 11 is 0. The zero-order chi connectivity index (χ0) is 24.2. The predicted octanol–water partition coefficient (Wildman–Crippen LogP) is 4.79. The van der Waals surface area contributed by atoms with Crippen molar-refractivity contribution >= 4 is 28.6 Å². The maximum Gasteiger partial charge on any atom is 0.322 e. The van der Waals surface area contributed by atoms with Crippen LogP contribution in [0, 0.1) is 17.5 Å². The molecule has 1 aliphatic rings. The molecule has 5 rings (SSSR count). The number of rotatable bonds is 4. The number of anilines is 2. The minimum absolute atomic E-state index is 0.127.